The molecule has 140 valence electrons. The lowest BCUT2D eigenvalue weighted by Gasteiger charge is -2.24. The van der Waals surface area contributed by atoms with Crippen LogP contribution in [0.15, 0.2) is 48.5 Å². The molecule has 1 aliphatic heterocycles. The first-order valence-electron chi connectivity index (χ1n) is 8.94. The smallest absolute Gasteiger partial charge is 0.248 e. The van der Waals surface area contributed by atoms with Crippen molar-refractivity contribution in [3.05, 3.63) is 59.7 Å². The van der Waals surface area contributed by atoms with Gasteiger partial charge in [-0.2, -0.15) is 0 Å². The molecule has 2 N–H and O–H groups in total. The standard InChI is InChI=1S/C22H24N2O3/c1-22(2,3)16-7-4-15(5-8-16)6-11-21(26)24-17-9-10-20-19(12-17)23-13-18(14-25)27-20/h4-12,14,18,23H,13H2,1-3H3,(H,24,26)/b11-6+. The number of benzene rings is 2. The molecule has 27 heavy (non-hydrogen) atoms. The SMILES string of the molecule is CC(C)(C)c1ccc(/C=C/C(=O)Nc2ccc3c(c2)NCC(C=O)O3)cc1. The molecule has 5 heteroatoms. The van der Waals surface area contributed by atoms with Gasteiger partial charge in [-0.3, -0.25) is 9.59 Å². The summed E-state index contributed by atoms with van der Waals surface area (Å²) in [5, 5.41) is 5.96. The van der Waals surface area contributed by atoms with Crippen molar-refractivity contribution >= 4 is 29.6 Å². The first-order chi connectivity index (χ1) is 12.8. The molecule has 1 heterocycles. The van der Waals surface area contributed by atoms with E-state index in [4.69, 9.17) is 4.74 Å². The van der Waals surface area contributed by atoms with Crippen LogP contribution in [0.2, 0.25) is 0 Å². The summed E-state index contributed by atoms with van der Waals surface area (Å²) in [4.78, 5) is 23.0. The highest BCUT2D eigenvalue weighted by Gasteiger charge is 2.18. The van der Waals surface area contributed by atoms with Crippen molar-refractivity contribution in [2.24, 2.45) is 0 Å². The van der Waals surface area contributed by atoms with Crippen molar-refractivity contribution in [3.63, 3.8) is 0 Å². The number of carbonyl (C=O) groups is 2. The van der Waals surface area contributed by atoms with E-state index in [1.165, 1.54) is 11.6 Å². The van der Waals surface area contributed by atoms with Gasteiger partial charge in [0.25, 0.3) is 0 Å². The number of hydrogen-bond acceptors (Lipinski definition) is 4. The Bertz CT molecular complexity index is 864. The number of rotatable bonds is 4. The van der Waals surface area contributed by atoms with E-state index >= 15 is 0 Å². The average molecular weight is 364 g/mol. The summed E-state index contributed by atoms with van der Waals surface area (Å²) in [7, 11) is 0. The van der Waals surface area contributed by atoms with Gasteiger partial charge in [-0.15, -0.1) is 0 Å². The first kappa shape index (κ1) is 18.7. The van der Waals surface area contributed by atoms with Crippen LogP contribution in [0, 0.1) is 0 Å². The van der Waals surface area contributed by atoms with E-state index in [1.54, 1.807) is 24.3 Å². The molecule has 0 bridgehead atoms. The Morgan fingerprint density at radius 3 is 2.59 bits per heavy atom. The zero-order valence-corrected chi connectivity index (χ0v) is 15.8. The number of hydrogen-bond donors (Lipinski definition) is 2. The molecule has 5 nitrogen and oxygen atoms in total. The molecule has 3 rings (SSSR count). The predicted octanol–water partition coefficient (Wildman–Crippen LogP) is 4.01. The van der Waals surface area contributed by atoms with Crippen molar-refractivity contribution in [1.82, 2.24) is 0 Å². The molecule has 0 saturated carbocycles. The molecule has 0 fully saturated rings. The van der Waals surface area contributed by atoms with Crippen LogP contribution < -0.4 is 15.4 Å². The second-order valence-corrected chi connectivity index (χ2v) is 7.58. The summed E-state index contributed by atoms with van der Waals surface area (Å²) in [6.45, 7) is 6.92. The monoisotopic (exact) mass is 364 g/mol. The number of carbonyl (C=O) groups excluding carboxylic acids is 2. The Hall–Kier alpha value is -3.08. The zero-order valence-electron chi connectivity index (χ0n) is 15.8. The van der Waals surface area contributed by atoms with Gasteiger partial charge in [0, 0.05) is 11.8 Å². The fourth-order valence-electron chi connectivity index (χ4n) is 2.79. The fraction of sp³-hybridized carbons (Fsp3) is 0.273. The van der Waals surface area contributed by atoms with Gasteiger partial charge in [-0.1, -0.05) is 45.0 Å². The minimum Gasteiger partial charge on any atom is -0.479 e. The maximum Gasteiger partial charge on any atom is 0.248 e. The molecular weight excluding hydrogens is 340 g/mol. The normalized spacial score (nSPS) is 16.2. The van der Waals surface area contributed by atoms with Gasteiger partial charge in [0.2, 0.25) is 5.91 Å². The van der Waals surface area contributed by atoms with Crippen molar-refractivity contribution in [1.29, 1.82) is 0 Å². The van der Waals surface area contributed by atoms with E-state index < -0.39 is 6.10 Å². The summed E-state index contributed by atoms with van der Waals surface area (Å²) < 4.78 is 5.52. The lowest BCUT2D eigenvalue weighted by atomic mass is 9.87. The van der Waals surface area contributed by atoms with E-state index in [9.17, 15) is 9.59 Å². The highest BCUT2D eigenvalue weighted by molar-refractivity contribution is 6.02. The largest absolute Gasteiger partial charge is 0.479 e. The summed E-state index contributed by atoms with van der Waals surface area (Å²) in [5.41, 5.74) is 3.75. The van der Waals surface area contributed by atoms with Gasteiger partial charge >= 0.3 is 0 Å². The fourth-order valence-corrected chi connectivity index (χ4v) is 2.79. The summed E-state index contributed by atoms with van der Waals surface area (Å²) in [6.07, 6.45) is 3.59. The molecule has 1 amide bonds. The van der Waals surface area contributed by atoms with Crippen LogP contribution in [0.1, 0.15) is 31.9 Å². The van der Waals surface area contributed by atoms with Gasteiger partial charge in [-0.05, 0) is 40.8 Å². The molecule has 0 aliphatic carbocycles. The first-order valence-corrected chi connectivity index (χ1v) is 8.94. The minimum atomic E-state index is -0.481. The van der Waals surface area contributed by atoms with Crippen molar-refractivity contribution in [3.8, 4) is 5.75 Å². The second kappa shape index (κ2) is 7.66. The van der Waals surface area contributed by atoms with Crippen LogP contribution in [0.5, 0.6) is 5.75 Å². The van der Waals surface area contributed by atoms with E-state index in [2.05, 4.69) is 43.5 Å². The van der Waals surface area contributed by atoms with E-state index in [0.717, 1.165) is 17.5 Å². The quantitative estimate of drug-likeness (QED) is 0.635. The highest BCUT2D eigenvalue weighted by Crippen LogP contribution is 2.31. The molecule has 0 saturated heterocycles. The number of nitrogens with one attached hydrogen (secondary N) is 2. The highest BCUT2D eigenvalue weighted by atomic mass is 16.5. The van der Waals surface area contributed by atoms with E-state index in [1.807, 2.05) is 12.1 Å². The van der Waals surface area contributed by atoms with Crippen LogP contribution in [0.3, 0.4) is 0 Å². The van der Waals surface area contributed by atoms with Gasteiger partial charge < -0.3 is 15.4 Å². The Balaban J connectivity index is 1.62. The van der Waals surface area contributed by atoms with E-state index in [-0.39, 0.29) is 11.3 Å². The maximum absolute atomic E-state index is 12.2. The average Bonchev–Trinajstić information content (AvgIpc) is 2.65. The Labute approximate surface area is 159 Å². The van der Waals surface area contributed by atoms with E-state index in [0.29, 0.717) is 18.0 Å². The third-order valence-corrected chi connectivity index (χ3v) is 4.37. The molecule has 0 radical (unpaired) electrons. The number of aldehydes is 1. The van der Waals surface area contributed by atoms with Gasteiger partial charge in [-0.25, -0.2) is 0 Å². The molecule has 0 aromatic heterocycles. The van der Waals surface area contributed by atoms with Gasteiger partial charge in [0.15, 0.2) is 12.4 Å². The molecule has 0 spiro atoms. The third-order valence-electron chi connectivity index (χ3n) is 4.37. The molecule has 2 aromatic carbocycles. The van der Waals surface area contributed by atoms with Crippen LogP contribution in [-0.4, -0.2) is 24.8 Å². The van der Waals surface area contributed by atoms with Crippen LogP contribution >= 0.6 is 0 Å². The van der Waals surface area contributed by atoms with Crippen LogP contribution in [-0.2, 0) is 15.0 Å². The summed E-state index contributed by atoms with van der Waals surface area (Å²) in [5.74, 6) is 0.392. The summed E-state index contributed by atoms with van der Waals surface area (Å²) >= 11 is 0. The maximum atomic E-state index is 12.2. The van der Waals surface area contributed by atoms with Crippen molar-refractivity contribution in [2.75, 3.05) is 17.2 Å². The molecular formula is C22H24N2O3. The van der Waals surface area contributed by atoms with Crippen molar-refractivity contribution < 1.29 is 14.3 Å². The number of amides is 1. The Morgan fingerprint density at radius 1 is 1.19 bits per heavy atom. The Morgan fingerprint density at radius 2 is 1.93 bits per heavy atom. The minimum absolute atomic E-state index is 0.107. The lowest BCUT2D eigenvalue weighted by molar-refractivity contribution is -0.113. The molecule has 1 unspecified atom stereocenters. The second-order valence-electron chi connectivity index (χ2n) is 7.58. The lowest BCUT2D eigenvalue weighted by Crippen LogP contribution is -2.31. The van der Waals surface area contributed by atoms with Crippen LogP contribution in [0.25, 0.3) is 6.08 Å². The van der Waals surface area contributed by atoms with Gasteiger partial charge in [0.05, 0.1) is 12.2 Å². The van der Waals surface area contributed by atoms with Gasteiger partial charge in [0.1, 0.15) is 5.75 Å². The van der Waals surface area contributed by atoms with Crippen LogP contribution in [0.4, 0.5) is 11.4 Å². The predicted molar refractivity (Wildman–Crippen MR) is 108 cm³/mol. The summed E-state index contributed by atoms with van der Waals surface area (Å²) in [6, 6.07) is 13.5. The molecule has 2 aromatic rings. The Kier molecular flexibility index (Phi) is 5.31. The van der Waals surface area contributed by atoms with Crippen molar-refractivity contribution in [2.45, 2.75) is 32.3 Å². The number of fused-ring (bicyclic) bond motifs is 1. The third kappa shape index (κ3) is 4.76. The number of anilines is 2. The molecule has 1 atom stereocenters. The zero-order chi connectivity index (χ0) is 19.4. The topological polar surface area (TPSA) is 67.4 Å². The molecule has 1 aliphatic rings. The number of ether oxygens (including phenoxy) is 1.